The average molecular weight is 373 g/mol. The molecule has 22 heavy (non-hydrogen) atoms. The number of nitrogens with zero attached hydrogens (tertiary/aromatic N) is 2. The Morgan fingerprint density at radius 3 is 2.91 bits per heavy atom. The fourth-order valence-corrected chi connectivity index (χ4v) is 3.40. The predicted molar refractivity (Wildman–Crippen MR) is 87.3 cm³/mol. The van der Waals surface area contributed by atoms with E-state index in [1.807, 2.05) is 24.1 Å². The van der Waals surface area contributed by atoms with Gasteiger partial charge in [0.2, 0.25) is 0 Å². The Bertz CT molecular complexity index is 527. The quantitative estimate of drug-likeness (QED) is 0.862. The standard InChI is InChI=1S/C16H22BrFN2O2/c1-19(11-16(21)22)13-3-2-7-20(8-6-13)10-12-4-5-15(18)14(17)9-12/h4-5,9,13H,2-3,6-8,10-11H2,1H3,(H,21,22). The van der Waals surface area contributed by atoms with Crippen molar-refractivity contribution in [3.8, 4) is 0 Å². The molecule has 0 saturated carbocycles. The molecule has 1 saturated heterocycles. The van der Waals surface area contributed by atoms with Gasteiger partial charge in [-0.3, -0.25) is 14.6 Å². The van der Waals surface area contributed by atoms with E-state index in [1.54, 1.807) is 0 Å². The van der Waals surface area contributed by atoms with Gasteiger partial charge in [-0.25, -0.2) is 4.39 Å². The van der Waals surface area contributed by atoms with Crippen molar-refractivity contribution in [2.24, 2.45) is 0 Å². The number of likely N-dealkylation sites (tertiary alicyclic amines) is 1. The number of carbonyl (C=O) groups is 1. The van der Waals surface area contributed by atoms with Gasteiger partial charge in [-0.05, 0) is 73.0 Å². The van der Waals surface area contributed by atoms with Crippen LogP contribution in [0.25, 0.3) is 0 Å². The lowest BCUT2D eigenvalue weighted by Gasteiger charge is -2.25. The number of hydrogen-bond acceptors (Lipinski definition) is 3. The Morgan fingerprint density at radius 2 is 2.23 bits per heavy atom. The summed E-state index contributed by atoms with van der Waals surface area (Å²) < 4.78 is 13.8. The molecule has 0 aliphatic carbocycles. The van der Waals surface area contributed by atoms with E-state index in [9.17, 15) is 9.18 Å². The Hall–Kier alpha value is -0.980. The number of likely N-dealkylation sites (N-methyl/N-ethyl adjacent to an activating group) is 1. The molecule has 1 aliphatic rings. The van der Waals surface area contributed by atoms with Crippen molar-refractivity contribution in [1.82, 2.24) is 9.80 Å². The maximum absolute atomic E-state index is 13.3. The van der Waals surface area contributed by atoms with Crippen LogP contribution in [0.3, 0.4) is 0 Å². The lowest BCUT2D eigenvalue weighted by molar-refractivity contribution is -0.138. The van der Waals surface area contributed by atoms with Crippen LogP contribution in [0.15, 0.2) is 22.7 Å². The van der Waals surface area contributed by atoms with Gasteiger partial charge in [-0.15, -0.1) is 0 Å². The Labute approximate surface area is 139 Å². The summed E-state index contributed by atoms with van der Waals surface area (Å²) in [6, 6.07) is 5.45. The number of carboxylic acids is 1. The molecular weight excluding hydrogens is 351 g/mol. The summed E-state index contributed by atoms with van der Waals surface area (Å²) in [6.07, 6.45) is 3.04. The lowest BCUT2D eigenvalue weighted by atomic mass is 10.1. The van der Waals surface area contributed by atoms with Crippen LogP contribution in [0, 0.1) is 5.82 Å². The lowest BCUT2D eigenvalue weighted by Crippen LogP contribution is -2.36. The summed E-state index contributed by atoms with van der Waals surface area (Å²) >= 11 is 3.22. The van der Waals surface area contributed by atoms with Crippen molar-refractivity contribution >= 4 is 21.9 Å². The van der Waals surface area contributed by atoms with Gasteiger partial charge in [0.05, 0.1) is 11.0 Å². The number of halogens is 2. The third-order valence-corrected chi connectivity index (χ3v) is 4.80. The summed E-state index contributed by atoms with van der Waals surface area (Å²) in [5, 5.41) is 8.89. The molecule has 1 aromatic rings. The van der Waals surface area contributed by atoms with Crippen molar-refractivity contribution in [3.05, 3.63) is 34.1 Å². The Kier molecular flexibility index (Phi) is 6.35. The molecule has 4 nitrogen and oxygen atoms in total. The number of hydrogen-bond donors (Lipinski definition) is 1. The second-order valence-electron chi connectivity index (χ2n) is 5.92. The van der Waals surface area contributed by atoms with Gasteiger partial charge in [0.25, 0.3) is 0 Å². The zero-order valence-electron chi connectivity index (χ0n) is 12.8. The van der Waals surface area contributed by atoms with Gasteiger partial charge in [0.1, 0.15) is 5.82 Å². The molecule has 6 heteroatoms. The van der Waals surface area contributed by atoms with E-state index in [2.05, 4.69) is 20.8 Å². The van der Waals surface area contributed by atoms with Gasteiger partial charge in [-0.2, -0.15) is 0 Å². The minimum atomic E-state index is -0.778. The van der Waals surface area contributed by atoms with Gasteiger partial charge in [0.15, 0.2) is 0 Å². The number of benzene rings is 1. The maximum atomic E-state index is 13.3. The molecule has 0 aromatic heterocycles. The second kappa shape index (κ2) is 8.04. The number of rotatable bonds is 5. The van der Waals surface area contributed by atoms with E-state index >= 15 is 0 Å². The summed E-state index contributed by atoms with van der Waals surface area (Å²) in [5.74, 6) is -1.02. The highest BCUT2D eigenvalue weighted by Gasteiger charge is 2.21. The van der Waals surface area contributed by atoms with Crippen LogP contribution in [0.2, 0.25) is 0 Å². The maximum Gasteiger partial charge on any atom is 0.317 e. The molecule has 1 heterocycles. The molecule has 0 bridgehead atoms. The normalized spacial score (nSPS) is 20.1. The van der Waals surface area contributed by atoms with Crippen LogP contribution in [0.1, 0.15) is 24.8 Å². The fourth-order valence-electron chi connectivity index (χ4n) is 2.98. The zero-order chi connectivity index (χ0) is 16.1. The smallest absolute Gasteiger partial charge is 0.317 e. The number of aliphatic carboxylic acids is 1. The highest BCUT2D eigenvalue weighted by molar-refractivity contribution is 9.10. The summed E-state index contributed by atoms with van der Waals surface area (Å²) in [7, 11) is 1.88. The van der Waals surface area contributed by atoms with E-state index < -0.39 is 5.97 Å². The van der Waals surface area contributed by atoms with Crippen molar-refractivity contribution in [1.29, 1.82) is 0 Å². The molecule has 1 atom stereocenters. The molecule has 1 fully saturated rings. The molecular formula is C16H22BrFN2O2. The van der Waals surface area contributed by atoms with Crippen LogP contribution in [0.5, 0.6) is 0 Å². The molecule has 0 spiro atoms. The van der Waals surface area contributed by atoms with E-state index in [1.165, 1.54) is 6.07 Å². The van der Waals surface area contributed by atoms with Crippen molar-refractivity contribution in [2.75, 3.05) is 26.7 Å². The average Bonchev–Trinajstić information content (AvgIpc) is 2.68. The van der Waals surface area contributed by atoms with Gasteiger partial charge < -0.3 is 5.11 Å². The summed E-state index contributed by atoms with van der Waals surface area (Å²) in [5.41, 5.74) is 1.09. The first-order valence-electron chi connectivity index (χ1n) is 7.54. The molecule has 2 rings (SSSR count). The Morgan fingerprint density at radius 1 is 1.45 bits per heavy atom. The molecule has 1 aliphatic heterocycles. The van der Waals surface area contributed by atoms with Crippen LogP contribution in [-0.2, 0) is 11.3 Å². The van der Waals surface area contributed by atoms with Gasteiger partial charge in [0, 0.05) is 12.6 Å². The molecule has 0 amide bonds. The van der Waals surface area contributed by atoms with Crippen LogP contribution in [-0.4, -0.2) is 53.6 Å². The highest BCUT2D eigenvalue weighted by Crippen LogP contribution is 2.20. The Balaban J connectivity index is 1.89. The largest absolute Gasteiger partial charge is 0.480 e. The molecule has 1 N–H and O–H groups in total. The van der Waals surface area contributed by atoms with Crippen molar-refractivity contribution < 1.29 is 14.3 Å². The minimum absolute atomic E-state index is 0.0928. The summed E-state index contributed by atoms with van der Waals surface area (Å²) in [6.45, 7) is 2.82. The van der Waals surface area contributed by atoms with Crippen LogP contribution in [0.4, 0.5) is 4.39 Å². The van der Waals surface area contributed by atoms with Gasteiger partial charge >= 0.3 is 5.97 Å². The first-order valence-corrected chi connectivity index (χ1v) is 8.33. The first-order chi connectivity index (χ1) is 10.5. The van der Waals surface area contributed by atoms with Crippen LogP contribution >= 0.6 is 15.9 Å². The second-order valence-corrected chi connectivity index (χ2v) is 6.77. The molecule has 1 unspecified atom stereocenters. The third kappa shape index (κ3) is 5.04. The van der Waals surface area contributed by atoms with E-state index in [-0.39, 0.29) is 12.4 Å². The fraction of sp³-hybridized carbons (Fsp3) is 0.562. The van der Waals surface area contributed by atoms with Crippen molar-refractivity contribution in [2.45, 2.75) is 31.8 Å². The van der Waals surface area contributed by atoms with Crippen molar-refractivity contribution in [3.63, 3.8) is 0 Å². The molecule has 1 aromatic carbocycles. The van der Waals surface area contributed by atoms with Gasteiger partial charge in [-0.1, -0.05) is 6.07 Å². The number of carboxylic acid groups (broad SMARTS) is 1. The summed E-state index contributed by atoms with van der Waals surface area (Å²) in [4.78, 5) is 15.1. The van der Waals surface area contributed by atoms with E-state index in [0.717, 1.165) is 44.5 Å². The van der Waals surface area contributed by atoms with E-state index in [0.29, 0.717) is 10.5 Å². The van der Waals surface area contributed by atoms with Crippen LogP contribution < -0.4 is 0 Å². The zero-order valence-corrected chi connectivity index (χ0v) is 14.4. The predicted octanol–water partition coefficient (Wildman–Crippen LogP) is 2.96. The highest BCUT2D eigenvalue weighted by atomic mass is 79.9. The monoisotopic (exact) mass is 372 g/mol. The van der Waals surface area contributed by atoms with E-state index in [4.69, 9.17) is 5.11 Å². The molecule has 0 radical (unpaired) electrons. The first kappa shape index (κ1) is 17.4. The minimum Gasteiger partial charge on any atom is -0.480 e. The third-order valence-electron chi connectivity index (χ3n) is 4.19. The SMILES string of the molecule is CN(CC(=O)O)C1CCCN(Cc2ccc(F)c(Br)c2)CC1. The molecule has 122 valence electrons. The topological polar surface area (TPSA) is 43.8 Å².